The number of cyclic esters (lactones) is 1. The first-order chi connectivity index (χ1) is 13.3. The number of carbonyl (C=O) groups excluding carboxylic acids is 1. The summed E-state index contributed by atoms with van der Waals surface area (Å²) in [4.78, 5) is 23.8. The van der Waals surface area contributed by atoms with Crippen molar-refractivity contribution in [3.8, 4) is 0 Å². The largest absolute Gasteiger partial charge is 0.481 e. The Kier molecular flexibility index (Phi) is 6.33. The molecule has 156 valence electrons. The average molecular weight is 391 g/mol. The van der Waals surface area contributed by atoms with Gasteiger partial charge in [0.25, 0.3) is 0 Å². The van der Waals surface area contributed by atoms with Crippen LogP contribution in [0.2, 0.25) is 0 Å². The highest BCUT2D eigenvalue weighted by Gasteiger charge is 2.49. The van der Waals surface area contributed by atoms with Crippen molar-refractivity contribution >= 4 is 11.9 Å². The molecule has 1 fully saturated rings. The number of hydrogen-bond donors (Lipinski definition) is 2. The van der Waals surface area contributed by atoms with Gasteiger partial charge in [0.15, 0.2) is 0 Å². The summed E-state index contributed by atoms with van der Waals surface area (Å²) in [5.74, 6) is -0.0234. The number of aliphatic hydroxyl groups is 1. The summed E-state index contributed by atoms with van der Waals surface area (Å²) in [5, 5.41) is 19.9. The van der Waals surface area contributed by atoms with Crippen molar-refractivity contribution in [3.63, 3.8) is 0 Å². The Bertz CT molecular complexity index is 666. The van der Waals surface area contributed by atoms with Gasteiger partial charge in [-0.15, -0.1) is 0 Å². The second kappa shape index (κ2) is 8.40. The van der Waals surface area contributed by atoms with E-state index < -0.39 is 17.5 Å². The fourth-order valence-corrected chi connectivity index (χ4v) is 5.58. The minimum atomic E-state index is -0.735. The molecule has 0 bridgehead atoms. The Morgan fingerprint density at radius 1 is 1.36 bits per heavy atom. The van der Waals surface area contributed by atoms with Crippen molar-refractivity contribution in [2.75, 3.05) is 0 Å². The molecule has 0 aromatic carbocycles. The second-order valence-electron chi connectivity index (χ2n) is 9.15. The molecule has 0 saturated carbocycles. The summed E-state index contributed by atoms with van der Waals surface area (Å²) in [6, 6.07) is 0. The first-order valence-electron chi connectivity index (χ1n) is 10.8. The fraction of sp³-hybridized carbons (Fsp3) is 0.739. The Hall–Kier alpha value is -1.62. The molecule has 3 rings (SSSR count). The molecule has 1 aliphatic heterocycles. The molecule has 0 amide bonds. The summed E-state index contributed by atoms with van der Waals surface area (Å²) >= 11 is 0. The monoisotopic (exact) mass is 390 g/mol. The maximum Gasteiger partial charge on any atom is 0.309 e. The summed E-state index contributed by atoms with van der Waals surface area (Å²) in [7, 11) is 0. The molecule has 0 spiro atoms. The van der Waals surface area contributed by atoms with Crippen LogP contribution in [-0.2, 0) is 14.3 Å². The van der Waals surface area contributed by atoms with Crippen LogP contribution in [0.3, 0.4) is 0 Å². The Labute approximate surface area is 167 Å². The van der Waals surface area contributed by atoms with Gasteiger partial charge < -0.3 is 14.9 Å². The number of allylic oxidation sites excluding steroid dienone is 4. The molecule has 2 N–H and O–H groups in total. The molecule has 7 unspecified atom stereocenters. The predicted molar refractivity (Wildman–Crippen MR) is 106 cm³/mol. The third kappa shape index (κ3) is 4.05. The molecule has 0 radical (unpaired) electrons. The number of fused-ring (bicyclic) bond motifs is 1. The van der Waals surface area contributed by atoms with Crippen LogP contribution in [0.4, 0.5) is 0 Å². The third-order valence-electron chi connectivity index (χ3n) is 7.50. The van der Waals surface area contributed by atoms with Gasteiger partial charge in [-0.1, -0.05) is 32.1 Å². The standard InChI is InChI=1S/C23H34O5/c1-4-23(3,22(26)27)19-7-5-6-15-9-8-14(2)18(21(15)19)11-10-17-12-16(24)13-20(25)28-17/h6,8-9,14,16-19,21,24H,4-5,7,10-13H2,1-3H3,(H,26,27). The lowest BCUT2D eigenvalue weighted by Crippen LogP contribution is -2.45. The molecule has 3 aliphatic rings. The van der Waals surface area contributed by atoms with Gasteiger partial charge in [-0.3, -0.25) is 9.59 Å². The Morgan fingerprint density at radius 2 is 2.11 bits per heavy atom. The molecule has 0 aromatic rings. The van der Waals surface area contributed by atoms with E-state index >= 15 is 0 Å². The first kappa shape index (κ1) is 21.1. The summed E-state index contributed by atoms with van der Waals surface area (Å²) in [6.07, 6.45) is 10.5. The van der Waals surface area contributed by atoms with E-state index in [-0.39, 0.29) is 30.3 Å². The van der Waals surface area contributed by atoms with E-state index in [1.54, 1.807) is 0 Å². The quantitative estimate of drug-likeness (QED) is 0.667. The van der Waals surface area contributed by atoms with E-state index in [0.29, 0.717) is 24.7 Å². The topological polar surface area (TPSA) is 83.8 Å². The van der Waals surface area contributed by atoms with E-state index in [1.165, 1.54) is 5.57 Å². The maximum absolute atomic E-state index is 12.2. The number of carbonyl (C=O) groups is 2. The predicted octanol–water partition coefficient (Wildman–Crippen LogP) is 4.11. The van der Waals surface area contributed by atoms with Crippen molar-refractivity contribution in [3.05, 3.63) is 23.8 Å². The van der Waals surface area contributed by atoms with E-state index in [0.717, 1.165) is 25.7 Å². The molecule has 28 heavy (non-hydrogen) atoms. The Morgan fingerprint density at radius 3 is 2.75 bits per heavy atom. The maximum atomic E-state index is 12.2. The minimum Gasteiger partial charge on any atom is -0.481 e. The molecular weight excluding hydrogens is 356 g/mol. The van der Waals surface area contributed by atoms with E-state index in [1.807, 2.05) is 13.8 Å². The van der Waals surface area contributed by atoms with Crippen molar-refractivity contribution in [2.45, 2.75) is 77.9 Å². The lowest BCUT2D eigenvalue weighted by molar-refractivity contribution is -0.161. The number of carboxylic acid groups (broad SMARTS) is 1. The smallest absolute Gasteiger partial charge is 0.309 e. The number of carboxylic acids is 1. The van der Waals surface area contributed by atoms with Gasteiger partial charge in [-0.05, 0) is 68.3 Å². The van der Waals surface area contributed by atoms with Crippen LogP contribution in [0.1, 0.15) is 65.7 Å². The van der Waals surface area contributed by atoms with Crippen LogP contribution in [0, 0.1) is 29.1 Å². The van der Waals surface area contributed by atoms with Crippen molar-refractivity contribution < 1.29 is 24.5 Å². The van der Waals surface area contributed by atoms with Gasteiger partial charge in [0, 0.05) is 6.42 Å². The number of hydrogen-bond acceptors (Lipinski definition) is 4. The van der Waals surface area contributed by atoms with Gasteiger partial charge in [0.1, 0.15) is 6.10 Å². The van der Waals surface area contributed by atoms with Crippen LogP contribution >= 0.6 is 0 Å². The van der Waals surface area contributed by atoms with Crippen LogP contribution in [0.25, 0.3) is 0 Å². The van der Waals surface area contributed by atoms with Gasteiger partial charge in [0.2, 0.25) is 0 Å². The number of rotatable bonds is 6. The Balaban J connectivity index is 1.81. The van der Waals surface area contributed by atoms with Gasteiger partial charge in [-0.2, -0.15) is 0 Å². The zero-order valence-corrected chi connectivity index (χ0v) is 17.3. The molecule has 5 heteroatoms. The van der Waals surface area contributed by atoms with Crippen LogP contribution in [0.5, 0.6) is 0 Å². The number of esters is 1. The van der Waals surface area contributed by atoms with Crippen LogP contribution in [0.15, 0.2) is 23.8 Å². The first-order valence-corrected chi connectivity index (χ1v) is 10.8. The van der Waals surface area contributed by atoms with Crippen molar-refractivity contribution in [1.82, 2.24) is 0 Å². The molecule has 1 saturated heterocycles. The summed E-state index contributed by atoms with van der Waals surface area (Å²) in [5.41, 5.74) is 0.543. The zero-order chi connectivity index (χ0) is 20.5. The van der Waals surface area contributed by atoms with Crippen LogP contribution < -0.4 is 0 Å². The lowest BCUT2D eigenvalue weighted by Gasteiger charge is -2.48. The summed E-state index contributed by atoms with van der Waals surface area (Å²) < 4.78 is 5.45. The van der Waals surface area contributed by atoms with Crippen molar-refractivity contribution in [1.29, 1.82) is 0 Å². The average Bonchev–Trinajstić information content (AvgIpc) is 2.65. The zero-order valence-electron chi connectivity index (χ0n) is 17.3. The molecule has 7 atom stereocenters. The molecular formula is C23H34O5. The number of ether oxygens (including phenoxy) is 1. The van der Waals surface area contributed by atoms with Gasteiger partial charge in [0.05, 0.1) is 17.9 Å². The molecule has 1 heterocycles. The number of aliphatic hydroxyl groups excluding tert-OH is 1. The lowest BCUT2D eigenvalue weighted by atomic mass is 9.56. The SMILES string of the molecule is CCC(C)(C(=O)O)C1CCC=C2C=CC(C)C(CCC3CC(O)CC(=O)O3)C21. The van der Waals surface area contributed by atoms with Crippen molar-refractivity contribution in [2.24, 2.45) is 29.1 Å². The number of aliphatic carboxylic acids is 1. The highest BCUT2D eigenvalue weighted by atomic mass is 16.5. The highest BCUT2D eigenvalue weighted by Crippen LogP contribution is 2.52. The van der Waals surface area contributed by atoms with E-state index in [9.17, 15) is 19.8 Å². The minimum absolute atomic E-state index is 0.0874. The van der Waals surface area contributed by atoms with Gasteiger partial charge >= 0.3 is 11.9 Å². The van der Waals surface area contributed by atoms with Gasteiger partial charge in [-0.25, -0.2) is 0 Å². The van der Waals surface area contributed by atoms with Crippen LogP contribution in [-0.4, -0.2) is 34.4 Å². The van der Waals surface area contributed by atoms with E-state index in [4.69, 9.17) is 4.74 Å². The normalized spacial score (nSPS) is 37.4. The third-order valence-corrected chi connectivity index (χ3v) is 7.50. The summed E-state index contributed by atoms with van der Waals surface area (Å²) in [6.45, 7) is 6.09. The molecule has 2 aliphatic carbocycles. The second-order valence-corrected chi connectivity index (χ2v) is 9.15. The van der Waals surface area contributed by atoms with E-state index in [2.05, 4.69) is 25.2 Å². The molecule has 5 nitrogen and oxygen atoms in total. The molecule has 0 aromatic heterocycles. The highest BCUT2D eigenvalue weighted by molar-refractivity contribution is 5.74. The fourth-order valence-electron chi connectivity index (χ4n) is 5.58.